The van der Waals surface area contributed by atoms with Crippen LogP contribution < -0.4 is 14.4 Å². The fourth-order valence-electron chi connectivity index (χ4n) is 5.44. The van der Waals surface area contributed by atoms with Crippen molar-refractivity contribution in [2.45, 2.75) is 44.2 Å². The normalized spacial score (nSPS) is 18.4. The second-order valence-corrected chi connectivity index (χ2v) is 9.26. The standard InChI is InChI=1S/C26H33FN6O2/c1-34-20-12-13-21(24(18-20)35-2)25(26-28-29-30-33(26)19-8-4-3-5-9-19)32-16-14-31(15-17-32)23-11-7-6-10-22(23)27/h6-7,10-13,18-19,25H,3-5,8-9,14-17H2,1-2H3/t25-/m1/s1. The van der Waals surface area contributed by atoms with E-state index >= 15 is 0 Å². The Balaban J connectivity index is 1.49. The Bertz CT molecular complexity index is 1120. The zero-order valence-corrected chi connectivity index (χ0v) is 20.4. The van der Waals surface area contributed by atoms with Crippen molar-refractivity contribution in [3.63, 3.8) is 0 Å². The second-order valence-electron chi connectivity index (χ2n) is 9.26. The molecule has 186 valence electrons. The quantitative estimate of drug-likeness (QED) is 0.501. The van der Waals surface area contributed by atoms with Crippen molar-refractivity contribution < 1.29 is 13.9 Å². The van der Waals surface area contributed by atoms with Gasteiger partial charge in [0.1, 0.15) is 23.4 Å². The van der Waals surface area contributed by atoms with Crippen LogP contribution in [0.15, 0.2) is 42.5 Å². The number of hydrogen-bond acceptors (Lipinski definition) is 7. The molecule has 1 aliphatic carbocycles. The number of tetrazole rings is 1. The van der Waals surface area contributed by atoms with Crippen molar-refractivity contribution in [3.05, 3.63) is 59.7 Å². The van der Waals surface area contributed by atoms with E-state index in [1.54, 1.807) is 20.3 Å². The van der Waals surface area contributed by atoms with Crippen molar-refractivity contribution >= 4 is 5.69 Å². The average molecular weight is 481 g/mol. The SMILES string of the molecule is COc1ccc([C@H](c2nnnn2C2CCCCC2)N2CCN(c3ccccc3F)CC2)c(OC)c1. The fourth-order valence-corrected chi connectivity index (χ4v) is 5.44. The molecule has 35 heavy (non-hydrogen) atoms. The Morgan fingerprint density at radius 1 is 0.943 bits per heavy atom. The minimum Gasteiger partial charge on any atom is -0.497 e. The molecule has 2 fully saturated rings. The maximum atomic E-state index is 14.4. The van der Waals surface area contributed by atoms with Crippen LogP contribution in [0.1, 0.15) is 55.6 Å². The maximum absolute atomic E-state index is 14.4. The van der Waals surface area contributed by atoms with Gasteiger partial charge in [-0.3, -0.25) is 4.90 Å². The lowest BCUT2D eigenvalue weighted by Gasteiger charge is -2.40. The van der Waals surface area contributed by atoms with E-state index in [2.05, 4.69) is 25.3 Å². The first-order chi connectivity index (χ1) is 17.2. The van der Waals surface area contributed by atoms with E-state index < -0.39 is 0 Å². The molecule has 1 atom stereocenters. The molecule has 3 aromatic rings. The van der Waals surface area contributed by atoms with Crippen molar-refractivity contribution in [1.82, 2.24) is 25.1 Å². The van der Waals surface area contributed by atoms with Crippen LogP contribution in [0.25, 0.3) is 0 Å². The van der Waals surface area contributed by atoms with E-state index in [1.165, 1.54) is 25.3 Å². The average Bonchev–Trinajstić information content (AvgIpc) is 3.40. The van der Waals surface area contributed by atoms with Crippen LogP contribution in [0.5, 0.6) is 11.5 Å². The number of rotatable bonds is 7. The van der Waals surface area contributed by atoms with E-state index in [4.69, 9.17) is 9.47 Å². The Hall–Kier alpha value is -3.20. The van der Waals surface area contributed by atoms with Gasteiger partial charge in [0.15, 0.2) is 5.82 Å². The molecule has 0 unspecified atom stereocenters. The van der Waals surface area contributed by atoms with Gasteiger partial charge >= 0.3 is 0 Å². The van der Waals surface area contributed by atoms with Crippen molar-refractivity contribution in [1.29, 1.82) is 0 Å². The highest BCUT2D eigenvalue weighted by Crippen LogP contribution is 2.39. The van der Waals surface area contributed by atoms with Gasteiger partial charge in [-0.2, -0.15) is 0 Å². The molecular formula is C26H33FN6O2. The van der Waals surface area contributed by atoms with Crippen molar-refractivity contribution in [2.24, 2.45) is 0 Å². The highest BCUT2D eigenvalue weighted by molar-refractivity contribution is 5.48. The number of benzene rings is 2. The predicted octanol–water partition coefficient (Wildman–Crippen LogP) is 4.25. The van der Waals surface area contributed by atoms with Gasteiger partial charge in [-0.1, -0.05) is 31.4 Å². The number of aromatic nitrogens is 4. The van der Waals surface area contributed by atoms with E-state index in [0.717, 1.165) is 48.8 Å². The lowest BCUT2D eigenvalue weighted by atomic mass is 9.94. The topological polar surface area (TPSA) is 68.5 Å². The van der Waals surface area contributed by atoms with Gasteiger partial charge in [-0.25, -0.2) is 9.07 Å². The van der Waals surface area contributed by atoms with E-state index in [0.29, 0.717) is 24.8 Å². The molecular weight excluding hydrogens is 447 g/mol. The number of nitrogens with zero attached hydrogens (tertiary/aromatic N) is 6. The summed E-state index contributed by atoms with van der Waals surface area (Å²) in [5.41, 5.74) is 1.65. The number of methoxy groups -OCH3 is 2. The largest absolute Gasteiger partial charge is 0.497 e. The minimum absolute atomic E-state index is 0.185. The number of para-hydroxylation sites is 1. The molecule has 5 rings (SSSR count). The number of ether oxygens (including phenoxy) is 2. The van der Waals surface area contributed by atoms with Gasteiger partial charge in [0.05, 0.1) is 25.9 Å². The molecule has 0 bridgehead atoms. The number of halogens is 1. The summed E-state index contributed by atoms with van der Waals surface area (Å²) in [6.07, 6.45) is 5.84. The fraction of sp³-hybridized carbons (Fsp3) is 0.500. The zero-order chi connectivity index (χ0) is 24.2. The maximum Gasteiger partial charge on any atom is 0.173 e. The highest BCUT2D eigenvalue weighted by Gasteiger charge is 2.34. The van der Waals surface area contributed by atoms with Gasteiger partial charge < -0.3 is 14.4 Å². The van der Waals surface area contributed by atoms with Gasteiger partial charge in [-0.15, -0.1) is 5.10 Å². The molecule has 9 heteroatoms. The van der Waals surface area contributed by atoms with Crippen LogP contribution in [0.4, 0.5) is 10.1 Å². The number of anilines is 1. The minimum atomic E-state index is -0.185. The van der Waals surface area contributed by atoms with Crippen LogP contribution in [0.3, 0.4) is 0 Å². The Morgan fingerprint density at radius 2 is 1.71 bits per heavy atom. The zero-order valence-electron chi connectivity index (χ0n) is 20.4. The molecule has 1 aliphatic heterocycles. The third-order valence-corrected chi connectivity index (χ3v) is 7.29. The van der Waals surface area contributed by atoms with Gasteiger partial charge in [0.2, 0.25) is 0 Å². The lowest BCUT2D eigenvalue weighted by Crippen LogP contribution is -2.48. The second kappa shape index (κ2) is 10.6. The molecule has 1 saturated heterocycles. The summed E-state index contributed by atoms with van der Waals surface area (Å²) in [5, 5.41) is 13.1. The first-order valence-corrected chi connectivity index (χ1v) is 12.4. The molecule has 1 aromatic heterocycles. The number of hydrogen-bond donors (Lipinski definition) is 0. The van der Waals surface area contributed by atoms with Crippen molar-refractivity contribution in [3.8, 4) is 11.5 Å². The van der Waals surface area contributed by atoms with Gasteiger partial charge in [0.25, 0.3) is 0 Å². The summed E-state index contributed by atoms with van der Waals surface area (Å²) in [7, 11) is 3.33. The monoisotopic (exact) mass is 480 g/mol. The summed E-state index contributed by atoms with van der Waals surface area (Å²) in [4.78, 5) is 4.49. The summed E-state index contributed by atoms with van der Waals surface area (Å²) >= 11 is 0. The van der Waals surface area contributed by atoms with Crippen LogP contribution in [0, 0.1) is 5.82 Å². The van der Waals surface area contributed by atoms with E-state index in [1.807, 2.05) is 35.0 Å². The van der Waals surface area contributed by atoms with Crippen LogP contribution in [0.2, 0.25) is 0 Å². The van der Waals surface area contributed by atoms with Gasteiger partial charge in [0, 0.05) is 37.8 Å². The molecule has 2 aromatic carbocycles. The molecule has 8 nitrogen and oxygen atoms in total. The highest BCUT2D eigenvalue weighted by atomic mass is 19.1. The molecule has 0 amide bonds. The first-order valence-electron chi connectivity index (χ1n) is 12.4. The smallest absolute Gasteiger partial charge is 0.173 e. The molecule has 2 aliphatic rings. The third-order valence-electron chi connectivity index (χ3n) is 7.29. The lowest BCUT2D eigenvalue weighted by molar-refractivity contribution is 0.190. The Morgan fingerprint density at radius 3 is 2.43 bits per heavy atom. The first kappa shape index (κ1) is 23.5. The Kier molecular flexibility index (Phi) is 7.13. The van der Waals surface area contributed by atoms with Crippen molar-refractivity contribution in [2.75, 3.05) is 45.3 Å². The van der Waals surface area contributed by atoms with Crippen LogP contribution in [-0.2, 0) is 0 Å². The molecule has 1 saturated carbocycles. The summed E-state index contributed by atoms with van der Waals surface area (Å²) < 4.78 is 27.7. The molecule has 2 heterocycles. The van der Waals surface area contributed by atoms with Crippen LogP contribution in [-0.4, -0.2) is 65.5 Å². The van der Waals surface area contributed by atoms with E-state index in [-0.39, 0.29) is 11.9 Å². The van der Waals surface area contributed by atoms with Gasteiger partial charge in [-0.05, 0) is 47.5 Å². The third kappa shape index (κ3) is 4.82. The molecule has 0 N–H and O–H groups in total. The van der Waals surface area contributed by atoms with E-state index in [9.17, 15) is 4.39 Å². The van der Waals surface area contributed by atoms with Crippen LogP contribution >= 0.6 is 0 Å². The summed E-state index contributed by atoms with van der Waals surface area (Å²) in [6, 6.07) is 13.0. The summed E-state index contributed by atoms with van der Waals surface area (Å²) in [6.45, 7) is 2.90. The molecule has 0 radical (unpaired) electrons. The Labute approximate surface area is 205 Å². The predicted molar refractivity (Wildman–Crippen MR) is 132 cm³/mol. The molecule has 0 spiro atoms. The number of piperazine rings is 1. The summed E-state index contributed by atoms with van der Waals surface area (Å²) in [5.74, 6) is 2.12.